The summed E-state index contributed by atoms with van der Waals surface area (Å²) in [4.78, 5) is 13.3. The number of methoxy groups -OCH3 is 1. The van der Waals surface area contributed by atoms with E-state index in [9.17, 15) is 13.2 Å². The van der Waals surface area contributed by atoms with Gasteiger partial charge in [0.05, 0.1) is 25.1 Å². The Morgan fingerprint density at radius 3 is 2.29 bits per heavy atom. The van der Waals surface area contributed by atoms with Crippen LogP contribution in [0.4, 0.5) is 5.69 Å². The average Bonchev–Trinajstić information content (AvgIpc) is 2.67. The highest BCUT2D eigenvalue weighted by Crippen LogP contribution is 2.35. The predicted molar refractivity (Wildman–Crippen MR) is 127 cm³/mol. The fourth-order valence-corrected chi connectivity index (χ4v) is 5.08. The van der Waals surface area contributed by atoms with Crippen LogP contribution in [-0.4, -0.2) is 33.7 Å². The number of hydrogen-bond donors (Lipinski definition) is 1. The molecule has 0 aliphatic heterocycles. The summed E-state index contributed by atoms with van der Waals surface area (Å²) in [6.07, 6.45) is 1.34. The van der Waals surface area contributed by atoms with Gasteiger partial charge in [0.2, 0.25) is 15.9 Å². The first-order valence-corrected chi connectivity index (χ1v) is 12.3. The number of sulfonamides is 1. The average molecular weight is 467 g/mol. The minimum Gasteiger partial charge on any atom is -0.495 e. The van der Waals surface area contributed by atoms with Gasteiger partial charge in [-0.2, -0.15) is 0 Å². The second-order valence-electron chi connectivity index (χ2n) is 7.82. The zero-order valence-corrected chi connectivity index (χ0v) is 20.7. The number of nitrogens with zero attached hydrogens (tertiary/aromatic N) is 1. The molecular formula is C23H31ClN2O4S. The number of nitrogens with one attached hydrogen (secondary N) is 1. The zero-order valence-electron chi connectivity index (χ0n) is 19.1. The van der Waals surface area contributed by atoms with Crippen LogP contribution in [0.15, 0.2) is 30.3 Å². The Kier molecular flexibility index (Phi) is 8.00. The minimum absolute atomic E-state index is 0.231. The van der Waals surface area contributed by atoms with Gasteiger partial charge in [0.25, 0.3) is 0 Å². The number of ether oxygens (including phenoxy) is 1. The molecule has 2 aromatic rings. The summed E-state index contributed by atoms with van der Waals surface area (Å²) in [6, 6.07) is 7.58. The molecule has 31 heavy (non-hydrogen) atoms. The fraction of sp³-hybridized carbons (Fsp3) is 0.435. The van der Waals surface area contributed by atoms with Crippen molar-refractivity contribution in [3.63, 3.8) is 0 Å². The van der Waals surface area contributed by atoms with Crippen molar-refractivity contribution >= 4 is 33.2 Å². The van der Waals surface area contributed by atoms with Crippen LogP contribution in [0.1, 0.15) is 48.6 Å². The largest absolute Gasteiger partial charge is 0.495 e. The number of halogens is 1. The van der Waals surface area contributed by atoms with E-state index in [2.05, 4.69) is 17.4 Å². The van der Waals surface area contributed by atoms with E-state index >= 15 is 0 Å². The third-order valence-electron chi connectivity index (χ3n) is 5.42. The molecular weight excluding hydrogens is 436 g/mol. The molecule has 1 N–H and O–H groups in total. The van der Waals surface area contributed by atoms with E-state index in [1.165, 1.54) is 18.7 Å². The van der Waals surface area contributed by atoms with E-state index in [1.807, 2.05) is 27.7 Å². The molecule has 0 spiro atoms. The molecule has 2 aromatic carbocycles. The molecule has 0 aliphatic rings. The molecule has 0 aromatic heterocycles. The Bertz CT molecular complexity index is 1070. The lowest BCUT2D eigenvalue weighted by molar-refractivity contribution is -0.122. The van der Waals surface area contributed by atoms with E-state index in [-0.39, 0.29) is 24.1 Å². The number of benzene rings is 2. The Labute approximate surface area is 190 Å². The van der Waals surface area contributed by atoms with Gasteiger partial charge in [0.1, 0.15) is 11.8 Å². The van der Waals surface area contributed by atoms with Crippen molar-refractivity contribution in [2.45, 2.75) is 53.1 Å². The summed E-state index contributed by atoms with van der Waals surface area (Å²) in [5.74, 6) is -0.0702. The van der Waals surface area contributed by atoms with Gasteiger partial charge in [0.15, 0.2) is 0 Å². The maximum absolute atomic E-state index is 13.3. The van der Waals surface area contributed by atoms with Gasteiger partial charge in [0, 0.05) is 5.02 Å². The first kappa shape index (κ1) is 25.0. The smallest absolute Gasteiger partial charge is 0.244 e. The molecule has 6 nitrogen and oxygen atoms in total. The van der Waals surface area contributed by atoms with Crippen molar-refractivity contribution in [2.24, 2.45) is 0 Å². The number of amides is 1. The quantitative estimate of drug-likeness (QED) is 0.612. The number of carbonyl (C=O) groups is 1. The highest BCUT2D eigenvalue weighted by Gasteiger charge is 2.34. The van der Waals surface area contributed by atoms with E-state index in [4.69, 9.17) is 16.3 Å². The molecule has 0 saturated heterocycles. The van der Waals surface area contributed by atoms with Crippen LogP contribution in [0.25, 0.3) is 0 Å². The highest BCUT2D eigenvalue weighted by atomic mass is 35.5. The SMILES string of the molecule is CCC(C(=O)NC(C)c1cc(C)c(C)cc1C)N(c1cc(Cl)ccc1OC)S(C)(=O)=O. The van der Waals surface area contributed by atoms with Gasteiger partial charge < -0.3 is 10.1 Å². The van der Waals surface area contributed by atoms with Crippen molar-refractivity contribution < 1.29 is 17.9 Å². The summed E-state index contributed by atoms with van der Waals surface area (Å²) in [5, 5.41) is 3.34. The molecule has 170 valence electrons. The molecule has 2 unspecified atom stereocenters. The van der Waals surface area contributed by atoms with Crippen molar-refractivity contribution in [3.8, 4) is 5.75 Å². The second kappa shape index (κ2) is 9.92. The lowest BCUT2D eigenvalue weighted by Gasteiger charge is -2.32. The van der Waals surface area contributed by atoms with E-state index in [1.54, 1.807) is 19.1 Å². The van der Waals surface area contributed by atoms with Crippen molar-refractivity contribution in [3.05, 3.63) is 57.6 Å². The maximum atomic E-state index is 13.3. The Morgan fingerprint density at radius 1 is 1.13 bits per heavy atom. The summed E-state index contributed by atoms with van der Waals surface area (Å²) in [5.41, 5.74) is 4.62. The van der Waals surface area contributed by atoms with Crippen molar-refractivity contribution in [1.82, 2.24) is 5.32 Å². The first-order valence-electron chi connectivity index (χ1n) is 10.1. The highest BCUT2D eigenvalue weighted by molar-refractivity contribution is 7.92. The Morgan fingerprint density at radius 2 is 1.74 bits per heavy atom. The summed E-state index contributed by atoms with van der Waals surface area (Å²) >= 11 is 6.13. The summed E-state index contributed by atoms with van der Waals surface area (Å²) in [6.45, 7) is 9.74. The zero-order chi connectivity index (χ0) is 23.5. The van der Waals surface area contributed by atoms with E-state index < -0.39 is 16.1 Å². The summed E-state index contributed by atoms with van der Waals surface area (Å²) < 4.78 is 31.9. The van der Waals surface area contributed by atoms with E-state index in [0.717, 1.165) is 27.3 Å². The predicted octanol–water partition coefficient (Wildman–Crippen LogP) is 4.70. The molecule has 1 amide bonds. The molecule has 0 fully saturated rings. The van der Waals surface area contributed by atoms with Crippen LogP contribution >= 0.6 is 11.6 Å². The second-order valence-corrected chi connectivity index (χ2v) is 10.1. The fourth-order valence-electron chi connectivity index (χ4n) is 3.71. The molecule has 2 rings (SSSR count). The van der Waals surface area contributed by atoms with Gasteiger partial charge in [-0.15, -0.1) is 0 Å². The normalized spacial score (nSPS) is 13.4. The number of carbonyl (C=O) groups excluding carboxylic acids is 1. The molecule has 0 aliphatic carbocycles. The third-order valence-corrected chi connectivity index (χ3v) is 6.82. The van der Waals surface area contributed by atoms with Crippen LogP contribution in [0, 0.1) is 20.8 Å². The monoisotopic (exact) mass is 466 g/mol. The maximum Gasteiger partial charge on any atom is 0.244 e. The van der Waals surface area contributed by atoms with Gasteiger partial charge in [-0.25, -0.2) is 8.42 Å². The van der Waals surface area contributed by atoms with Gasteiger partial charge in [-0.1, -0.05) is 30.7 Å². The van der Waals surface area contributed by atoms with Crippen LogP contribution < -0.4 is 14.4 Å². The molecule has 2 atom stereocenters. The third kappa shape index (κ3) is 5.71. The van der Waals surface area contributed by atoms with Crippen LogP contribution in [-0.2, 0) is 14.8 Å². The first-order chi connectivity index (χ1) is 14.4. The lowest BCUT2D eigenvalue weighted by atomic mass is 9.96. The Balaban J connectivity index is 2.44. The lowest BCUT2D eigenvalue weighted by Crippen LogP contribution is -2.50. The molecule has 8 heteroatoms. The molecule has 0 bridgehead atoms. The van der Waals surface area contributed by atoms with Gasteiger partial charge >= 0.3 is 0 Å². The Hall–Kier alpha value is -2.25. The van der Waals surface area contributed by atoms with Crippen molar-refractivity contribution in [2.75, 3.05) is 17.7 Å². The standard InChI is InChI=1S/C23H31ClN2O4S/c1-8-20(23(27)25-17(5)19-12-15(3)14(2)11-16(19)4)26(31(7,28)29)21-13-18(24)9-10-22(21)30-6/h9-13,17,20H,8H2,1-7H3,(H,25,27). The number of hydrogen-bond acceptors (Lipinski definition) is 4. The van der Waals surface area contributed by atoms with Crippen LogP contribution in [0.3, 0.4) is 0 Å². The van der Waals surface area contributed by atoms with Crippen LogP contribution in [0.5, 0.6) is 5.75 Å². The topological polar surface area (TPSA) is 75.7 Å². The van der Waals surface area contributed by atoms with E-state index in [0.29, 0.717) is 10.8 Å². The van der Waals surface area contributed by atoms with Crippen LogP contribution in [0.2, 0.25) is 5.02 Å². The molecule has 0 radical (unpaired) electrons. The minimum atomic E-state index is -3.81. The number of anilines is 1. The van der Waals surface area contributed by atoms with Gasteiger partial charge in [-0.3, -0.25) is 9.10 Å². The number of aryl methyl sites for hydroxylation is 3. The number of rotatable bonds is 8. The van der Waals surface area contributed by atoms with Gasteiger partial charge in [-0.05, 0) is 74.6 Å². The summed E-state index contributed by atoms with van der Waals surface area (Å²) in [7, 11) is -2.37. The molecule has 0 heterocycles. The van der Waals surface area contributed by atoms with Crippen molar-refractivity contribution in [1.29, 1.82) is 0 Å². The molecule has 0 saturated carbocycles.